The Morgan fingerprint density at radius 2 is 2.18 bits per heavy atom. The van der Waals surface area contributed by atoms with E-state index in [1.165, 1.54) is 10.9 Å². The minimum Gasteiger partial charge on any atom is -0.478 e. The fourth-order valence-corrected chi connectivity index (χ4v) is 1.37. The first-order valence-electron chi connectivity index (χ1n) is 5.47. The number of carboxylic acids is 1. The molecular formula is C11H17N3O3. The quantitative estimate of drug-likeness (QED) is 0.799. The van der Waals surface area contributed by atoms with Gasteiger partial charge in [0.1, 0.15) is 5.56 Å². The van der Waals surface area contributed by atoms with Crippen LogP contribution in [0.4, 0.5) is 0 Å². The van der Waals surface area contributed by atoms with Crippen LogP contribution in [0.5, 0.6) is 0 Å². The predicted molar refractivity (Wildman–Crippen MR) is 62.0 cm³/mol. The first-order chi connectivity index (χ1) is 7.91. The van der Waals surface area contributed by atoms with Crippen molar-refractivity contribution >= 4 is 11.9 Å². The first kappa shape index (κ1) is 13.2. The number of hydrogen-bond acceptors (Lipinski definition) is 3. The molecule has 0 bridgehead atoms. The molecule has 1 rings (SSSR count). The Kier molecular flexibility index (Phi) is 4.25. The van der Waals surface area contributed by atoms with E-state index in [2.05, 4.69) is 24.3 Å². The Morgan fingerprint density at radius 1 is 1.53 bits per heavy atom. The van der Waals surface area contributed by atoms with Crippen LogP contribution in [0.3, 0.4) is 0 Å². The lowest BCUT2D eigenvalue weighted by molar-refractivity contribution is 0.0691. The summed E-state index contributed by atoms with van der Waals surface area (Å²) in [5.41, 5.74) is -0.113. The van der Waals surface area contributed by atoms with Gasteiger partial charge in [0.2, 0.25) is 0 Å². The van der Waals surface area contributed by atoms with Gasteiger partial charge in [0.25, 0.3) is 5.91 Å². The SMILES string of the molecule is CC(C)CCNC(=O)c1nn(C)cc1C(=O)O. The first-order valence-corrected chi connectivity index (χ1v) is 5.47. The number of hydrogen-bond donors (Lipinski definition) is 2. The van der Waals surface area contributed by atoms with Crippen molar-refractivity contribution in [2.45, 2.75) is 20.3 Å². The minimum absolute atomic E-state index is 0.0382. The number of rotatable bonds is 5. The predicted octanol–water partition coefficient (Wildman–Crippen LogP) is 0.894. The standard InChI is InChI=1S/C11H17N3O3/c1-7(2)4-5-12-10(15)9-8(11(16)17)6-14(3)13-9/h6-7H,4-5H2,1-3H3,(H,12,15)(H,16,17). The van der Waals surface area contributed by atoms with Crippen LogP contribution in [0.2, 0.25) is 0 Å². The van der Waals surface area contributed by atoms with Crippen molar-refractivity contribution in [2.24, 2.45) is 13.0 Å². The minimum atomic E-state index is -1.15. The van der Waals surface area contributed by atoms with Crippen LogP contribution in [-0.4, -0.2) is 33.3 Å². The van der Waals surface area contributed by atoms with Crippen LogP contribution in [0.25, 0.3) is 0 Å². The maximum atomic E-state index is 11.7. The summed E-state index contributed by atoms with van der Waals surface area (Å²) >= 11 is 0. The van der Waals surface area contributed by atoms with Crippen LogP contribution in [0, 0.1) is 5.92 Å². The molecule has 0 atom stereocenters. The smallest absolute Gasteiger partial charge is 0.339 e. The Hall–Kier alpha value is -1.85. The van der Waals surface area contributed by atoms with Crippen molar-refractivity contribution in [3.63, 3.8) is 0 Å². The van der Waals surface area contributed by atoms with Crippen LogP contribution in [-0.2, 0) is 7.05 Å². The summed E-state index contributed by atoms with van der Waals surface area (Å²) in [5.74, 6) is -1.10. The molecule has 0 aromatic carbocycles. The largest absolute Gasteiger partial charge is 0.478 e. The van der Waals surface area contributed by atoms with Crippen molar-refractivity contribution in [1.82, 2.24) is 15.1 Å². The van der Waals surface area contributed by atoms with E-state index in [1.807, 2.05) is 0 Å². The van der Waals surface area contributed by atoms with E-state index in [-0.39, 0.29) is 11.3 Å². The van der Waals surface area contributed by atoms with E-state index in [1.54, 1.807) is 7.05 Å². The third-order valence-electron chi connectivity index (χ3n) is 2.28. The molecule has 0 aliphatic rings. The highest BCUT2D eigenvalue weighted by Gasteiger charge is 2.20. The van der Waals surface area contributed by atoms with Gasteiger partial charge in [-0.2, -0.15) is 5.10 Å². The second kappa shape index (κ2) is 5.47. The summed E-state index contributed by atoms with van der Waals surface area (Å²) < 4.78 is 1.32. The molecule has 6 nitrogen and oxygen atoms in total. The molecule has 0 saturated carbocycles. The van der Waals surface area contributed by atoms with Gasteiger partial charge in [-0.1, -0.05) is 13.8 Å². The zero-order chi connectivity index (χ0) is 13.0. The number of amides is 1. The monoisotopic (exact) mass is 239 g/mol. The van der Waals surface area contributed by atoms with Gasteiger partial charge in [-0.3, -0.25) is 9.48 Å². The number of carboxylic acid groups (broad SMARTS) is 1. The molecule has 2 N–H and O–H groups in total. The molecule has 0 aliphatic heterocycles. The molecule has 0 spiro atoms. The molecule has 0 saturated heterocycles. The lowest BCUT2D eigenvalue weighted by atomic mass is 10.1. The second-order valence-corrected chi connectivity index (χ2v) is 4.31. The van der Waals surface area contributed by atoms with Gasteiger partial charge in [-0.25, -0.2) is 4.79 Å². The Balaban J connectivity index is 2.71. The fourth-order valence-electron chi connectivity index (χ4n) is 1.37. The van der Waals surface area contributed by atoms with Crippen molar-refractivity contribution in [1.29, 1.82) is 0 Å². The van der Waals surface area contributed by atoms with Crippen LogP contribution < -0.4 is 5.32 Å². The summed E-state index contributed by atoms with van der Waals surface area (Å²) in [6, 6.07) is 0. The van der Waals surface area contributed by atoms with E-state index < -0.39 is 11.9 Å². The van der Waals surface area contributed by atoms with Crippen LogP contribution >= 0.6 is 0 Å². The average Bonchev–Trinajstić information content (AvgIpc) is 2.59. The summed E-state index contributed by atoms with van der Waals surface area (Å²) in [6.07, 6.45) is 2.17. The topological polar surface area (TPSA) is 84.2 Å². The van der Waals surface area contributed by atoms with E-state index >= 15 is 0 Å². The average molecular weight is 239 g/mol. The van der Waals surface area contributed by atoms with Gasteiger partial charge in [0.05, 0.1) is 0 Å². The third kappa shape index (κ3) is 3.58. The van der Waals surface area contributed by atoms with Crippen molar-refractivity contribution < 1.29 is 14.7 Å². The highest BCUT2D eigenvalue weighted by molar-refractivity contribution is 6.03. The Morgan fingerprint density at radius 3 is 2.71 bits per heavy atom. The molecule has 1 amide bonds. The molecule has 1 aromatic heterocycles. The van der Waals surface area contributed by atoms with E-state index in [0.717, 1.165) is 6.42 Å². The maximum absolute atomic E-state index is 11.7. The molecule has 0 unspecified atom stereocenters. The van der Waals surface area contributed by atoms with Crippen molar-refractivity contribution in [3.8, 4) is 0 Å². The summed E-state index contributed by atoms with van der Waals surface area (Å²) in [6.45, 7) is 4.62. The molecule has 0 fully saturated rings. The normalized spacial score (nSPS) is 10.6. The summed E-state index contributed by atoms with van der Waals surface area (Å²) in [7, 11) is 1.58. The van der Waals surface area contributed by atoms with Crippen molar-refractivity contribution in [2.75, 3.05) is 6.54 Å². The van der Waals surface area contributed by atoms with Gasteiger partial charge in [0, 0.05) is 19.8 Å². The number of nitrogens with zero attached hydrogens (tertiary/aromatic N) is 2. The van der Waals surface area contributed by atoms with Gasteiger partial charge in [0.15, 0.2) is 5.69 Å². The van der Waals surface area contributed by atoms with E-state index in [0.29, 0.717) is 12.5 Å². The Labute approximate surface area is 99.6 Å². The summed E-state index contributed by atoms with van der Waals surface area (Å²) in [5, 5.41) is 15.4. The zero-order valence-electron chi connectivity index (χ0n) is 10.2. The highest BCUT2D eigenvalue weighted by Crippen LogP contribution is 2.06. The molecule has 17 heavy (non-hydrogen) atoms. The van der Waals surface area contributed by atoms with E-state index in [4.69, 9.17) is 5.11 Å². The molecule has 0 aliphatic carbocycles. The second-order valence-electron chi connectivity index (χ2n) is 4.31. The van der Waals surface area contributed by atoms with Gasteiger partial charge < -0.3 is 10.4 Å². The van der Waals surface area contributed by atoms with Gasteiger partial charge in [-0.15, -0.1) is 0 Å². The molecule has 0 radical (unpaired) electrons. The highest BCUT2D eigenvalue weighted by atomic mass is 16.4. The van der Waals surface area contributed by atoms with Gasteiger partial charge >= 0.3 is 5.97 Å². The lowest BCUT2D eigenvalue weighted by Gasteiger charge is -2.05. The zero-order valence-corrected chi connectivity index (χ0v) is 10.2. The molecule has 1 aromatic rings. The van der Waals surface area contributed by atoms with Crippen molar-refractivity contribution in [3.05, 3.63) is 17.5 Å². The van der Waals surface area contributed by atoms with Crippen LogP contribution in [0.1, 0.15) is 41.1 Å². The number of aryl methyl sites for hydroxylation is 1. The Bertz CT molecular complexity index is 424. The number of aromatic carboxylic acids is 1. The fraction of sp³-hybridized carbons (Fsp3) is 0.545. The number of aromatic nitrogens is 2. The number of carbonyl (C=O) groups is 2. The summed E-state index contributed by atoms with van der Waals surface area (Å²) in [4.78, 5) is 22.6. The van der Waals surface area contributed by atoms with Gasteiger partial charge in [-0.05, 0) is 12.3 Å². The van der Waals surface area contributed by atoms with Crippen LogP contribution in [0.15, 0.2) is 6.20 Å². The number of nitrogens with one attached hydrogen (secondary N) is 1. The number of carbonyl (C=O) groups excluding carboxylic acids is 1. The maximum Gasteiger partial charge on any atom is 0.339 e. The third-order valence-corrected chi connectivity index (χ3v) is 2.28. The lowest BCUT2D eigenvalue weighted by Crippen LogP contribution is -2.27. The molecule has 1 heterocycles. The molecular weight excluding hydrogens is 222 g/mol. The molecule has 6 heteroatoms. The van der Waals surface area contributed by atoms with E-state index in [9.17, 15) is 9.59 Å². The molecule has 94 valence electrons.